The molecule has 6 heteroatoms. The van der Waals surface area contributed by atoms with Crippen molar-refractivity contribution in [1.29, 1.82) is 0 Å². The third-order valence-electron chi connectivity index (χ3n) is 3.76. The van der Waals surface area contributed by atoms with E-state index in [2.05, 4.69) is 15.5 Å². The number of nitrogens with zero attached hydrogens (tertiary/aromatic N) is 1. The monoisotopic (exact) mass is 291 g/mol. The lowest BCUT2D eigenvalue weighted by atomic mass is 10.1. The smallest absolute Gasteiger partial charge is 0.231 e. The minimum absolute atomic E-state index is 0.0454. The summed E-state index contributed by atoms with van der Waals surface area (Å²) in [6.07, 6.45) is 0.373. The van der Waals surface area contributed by atoms with Gasteiger partial charge in [0.25, 0.3) is 0 Å². The molecule has 0 radical (unpaired) electrons. The topological polar surface area (TPSA) is 62.8 Å². The van der Waals surface area contributed by atoms with E-state index >= 15 is 0 Å². The van der Waals surface area contributed by atoms with Crippen LogP contribution in [-0.2, 0) is 11.2 Å². The van der Waals surface area contributed by atoms with Gasteiger partial charge < -0.3 is 20.1 Å². The van der Waals surface area contributed by atoms with Crippen LogP contribution in [0, 0.1) is 0 Å². The Labute approximate surface area is 124 Å². The molecule has 0 aromatic heterocycles. The van der Waals surface area contributed by atoms with Crippen molar-refractivity contribution in [3.05, 3.63) is 23.8 Å². The normalized spacial score (nSPS) is 17.7. The Hall–Kier alpha value is -1.79. The van der Waals surface area contributed by atoms with Crippen LogP contribution in [0.4, 0.5) is 0 Å². The molecule has 0 saturated carbocycles. The molecule has 3 rings (SSSR count). The molecule has 114 valence electrons. The maximum atomic E-state index is 11.9. The van der Waals surface area contributed by atoms with Crippen molar-refractivity contribution in [1.82, 2.24) is 15.5 Å². The predicted molar refractivity (Wildman–Crippen MR) is 78.6 cm³/mol. The van der Waals surface area contributed by atoms with Crippen LogP contribution in [0.3, 0.4) is 0 Å². The lowest BCUT2D eigenvalue weighted by Gasteiger charge is -2.27. The van der Waals surface area contributed by atoms with Gasteiger partial charge in [0.05, 0.1) is 6.42 Å². The van der Waals surface area contributed by atoms with Gasteiger partial charge in [0.1, 0.15) is 0 Å². The minimum atomic E-state index is 0.0454. The zero-order valence-corrected chi connectivity index (χ0v) is 12.1. The van der Waals surface area contributed by atoms with Gasteiger partial charge in [-0.1, -0.05) is 6.07 Å². The highest BCUT2D eigenvalue weighted by Gasteiger charge is 2.14. The first-order valence-electron chi connectivity index (χ1n) is 7.39. The number of hydrogen-bond donors (Lipinski definition) is 2. The molecule has 1 fully saturated rings. The summed E-state index contributed by atoms with van der Waals surface area (Å²) in [5.74, 6) is 1.52. The summed E-state index contributed by atoms with van der Waals surface area (Å²) in [5.41, 5.74) is 0.943. The first-order valence-corrected chi connectivity index (χ1v) is 7.39. The molecular formula is C15H21N3O3. The van der Waals surface area contributed by atoms with Crippen molar-refractivity contribution in [2.24, 2.45) is 0 Å². The standard InChI is InChI=1S/C15H21N3O3/c19-15(17-5-8-18-6-3-16-4-7-18)10-12-1-2-13-14(9-12)21-11-20-13/h1-2,9,16H,3-8,10-11H2,(H,17,19). The van der Waals surface area contributed by atoms with Gasteiger partial charge in [0, 0.05) is 39.3 Å². The molecule has 1 saturated heterocycles. The van der Waals surface area contributed by atoms with E-state index in [1.54, 1.807) is 0 Å². The highest BCUT2D eigenvalue weighted by molar-refractivity contribution is 5.78. The Balaban J connectivity index is 1.41. The predicted octanol–water partition coefficient (Wildman–Crippen LogP) is -0.0208. The summed E-state index contributed by atoms with van der Waals surface area (Å²) in [4.78, 5) is 14.3. The van der Waals surface area contributed by atoms with Crippen molar-refractivity contribution >= 4 is 5.91 Å². The number of nitrogens with one attached hydrogen (secondary N) is 2. The van der Waals surface area contributed by atoms with Crippen LogP contribution in [0.1, 0.15) is 5.56 Å². The van der Waals surface area contributed by atoms with E-state index in [4.69, 9.17) is 9.47 Å². The Bertz CT molecular complexity index is 501. The fraction of sp³-hybridized carbons (Fsp3) is 0.533. The molecular weight excluding hydrogens is 270 g/mol. The summed E-state index contributed by atoms with van der Waals surface area (Å²) in [5, 5.41) is 6.29. The van der Waals surface area contributed by atoms with E-state index in [0.717, 1.165) is 49.8 Å². The summed E-state index contributed by atoms with van der Waals surface area (Å²) in [6, 6.07) is 5.63. The van der Waals surface area contributed by atoms with Crippen LogP contribution in [0.15, 0.2) is 18.2 Å². The Morgan fingerprint density at radius 2 is 2.05 bits per heavy atom. The molecule has 21 heavy (non-hydrogen) atoms. The van der Waals surface area contributed by atoms with Crippen LogP contribution in [0.2, 0.25) is 0 Å². The molecule has 0 aliphatic carbocycles. The molecule has 0 bridgehead atoms. The lowest BCUT2D eigenvalue weighted by Crippen LogP contribution is -2.46. The summed E-state index contributed by atoms with van der Waals surface area (Å²) >= 11 is 0. The van der Waals surface area contributed by atoms with E-state index in [9.17, 15) is 4.79 Å². The van der Waals surface area contributed by atoms with Gasteiger partial charge in [-0.25, -0.2) is 0 Å². The van der Waals surface area contributed by atoms with Gasteiger partial charge in [-0.05, 0) is 17.7 Å². The van der Waals surface area contributed by atoms with Crippen molar-refractivity contribution < 1.29 is 14.3 Å². The number of ether oxygens (including phenoxy) is 2. The van der Waals surface area contributed by atoms with Gasteiger partial charge in [0.2, 0.25) is 12.7 Å². The third-order valence-corrected chi connectivity index (χ3v) is 3.76. The molecule has 2 aliphatic rings. The number of fused-ring (bicyclic) bond motifs is 1. The molecule has 1 aromatic carbocycles. The van der Waals surface area contributed by atoms with Crippen molar-refractivity contribution in [2.45, 2.75) is 6.42 Å². The number of carbonyl (C=O) groups is 1. The van der Waals surface area contributed by atoms with Crippen molar-refractivity contribution in [2.75, 3.05) is 46.1 Å². The summed E-state index contributed by atoms with van der Waals surface area (Å²) < 4.78 is 10.6. The number of carbonyl (C=O) groups excluding carboxylic acids is 1. The highest BCUT2D eigenvalue weighted by Crippen LogP contribution is 2.32. The van der Waals surface area contributed by atoms with Gasteiger partial charge in [-0.15, -0.1) is 0 Å². The van der Waals surface area contributed by atoms with Crippen molar-refractivity contribution in [3.63, 3.8) is 0 Å². The van der Waals surface area contributed by atoms with Crippen LogP contribution < -0.4 is 20.1 Å². The number of amides is 1. The Morgan fingerprint density at radius 1 is 1.24 bits per heavy atom. The Morgan fingerprint density at radius 3 is 2.90 bits per heavy atom. The average Bonchev–Trinajstić information content (AvgIpc) is 2.96. The van der Waals surface area contributed by atoms with Crippen molar-refractivity contribution in [3.8, 4) is 11.5 Å². The third kappa shape index (κ3) is 3.86. The second kappa shape index (κ2) is 6.78. The first kappa shape index (κ1) is 14.2. The van der Waals surface area contributed by atoms with Gasteiger partial charge in [0.15, 0.2) is 11.5 Å². The second-order valence-corrected chi connectivity index (χ2v) is 5.31. The second-order valence-electron chi connectivity index (χ2n) is 5.31. The number of hydrogen-bond acceptors (Lipinski definition) is 5. The average molecular weight is 291 g/mol. The van der Waals surface area contributed by atoms with E-state index < -0.39 is 0 Å². The van der Waals surface area contributed by atoms with Crippen LogP contribution in [0.25, 0.3) is 0 Å². The molecule has 2 heterocycles. The minimum Gasteiger partial charge on any atom is -0.454 e. The number of benzene rings is 1. The van der Waals surface area contributed by atoms with E-state index in [-0.39, 0.29) is 12.7 Å². The zero-order chi connectivity index (χ0) is 14.5. The van der Waals surface area contributed by atoms with Gasteiger partial charge in [-0.2, -0.15) is 0 Å². The van der Waals surface area contributed by atoms with E-state index in [1.165, 1.54) is 0 Å². The summed E-state index contributed by atoms with van der Waals surface area (Å²) in [7, 11) is 0. The first-order chi connectivity index (χ1) is 10.3. The molecule has 0 unspecified atom stereocenters. The fourth-order valence-electron chi connectivity index (χ4n) is 2.59. The SMILES string of the molecule is O=C(Cc1ccc2c(c1)OCO2)NCCN1CCNCC1. The fourth-order valence-corrected chi connectivity index (χ4v) is 2.59. The molecule has 0 spiro atoms. The molecule has 2 aliphatic heterocycles. The van der Waals surface area contributed by atoms with E-state index in [0.29, 0.717) is 13.0 Å². The highest BCUT2D eigenvalue weighted by atomic mass is 16.7. The summed E-state index contributed by atoms with van der Waals surface area (Å²) in [6.45, 7) is 6.04. The Kier molecular flexibility index (Phi) is 4.57. The molecule has 2 N–H and O–H groups in total. The zero-order valence-electron chi connectivity index (χ0n) is 12.1. The van der Waals surface area contributed by atoms with Gasteiger partial charge >= 0.3 is 0 Å². The molecule has 1 aromatic rings. The lowest BCUT2D eigenvalue weighted by molar-refractivity contribution is -0.120. The molecule has 6 nitrogen and oxygen atoms in total. The quantitative estimate of drug-likeness (QED) is 0.798. The van der Waals surface area contributed by atoms with E-state index in [1.807, 2.05) is 18.2 Å². The van der Waals surface area contributed by atoms with Crippen LogP contribution in [0.5, 0.6) is 11.5 Å². The van der Waals surface area contributed by atoms with Gasteiger partial charge in [-0.3, -0.25) is 9.69 Å². The largest absolute Gasteiger partial charge is 0.454 e. The number of piperazine rings is 1. The maximum Gasteiger partial charge on any atom is 0.231 e. The maximum absolute atomic E-state index is 11.9. The molecule has 0 atom stereocenters. The van der Waals surface area contributed by atoms with Crippen LogP contribution >= 0.6 is 0 Å². The number of rotatable bonds is 5. The van der Waals surface area contributed by atoms with Crippen LogP contribution in [-0.4, -0.2) is 56.9 Å². The molecule has 1 amide bonds.